The Hall–Kier alpha value is -2.40. The van der Waals surface area contributed by atoms with Gasteiger partial charge in [-0.05, 0) is 49.2 Å². The standard InChI is InChI=1S/C19H22ClNO4/c1-13-11-15(6-8-16(13)20)25-10-4-5-19(22)21-17-12-14(23-2)7-9-18(17)24-3/h6-9,11-12H,4-5,10H2,1-3H3,(H,21,22). The number of nitrogens with one attached hydrogen (secondary N) is 1. The highest BCUT2D eigenvalue weighted by molar-refractivity contribution is 6.31. The summed E-state index contributed by atoms with van der Waals surface area (Å²) in [6.45, 7) is 2.37. The summed E-state index contributed by atoms with van der Waals surface area (Å²) < 4.78 is 16.0. The van der Waals surface area contributed by atoms with E-state index >= 15 is 0 Å². The molecule has 0 aliphatic heterocycles. The molecule has 0 aliphatic carbocycles. The Morgan fingerprint density at radius 1 is 1.08 bits per heavy atom. The maximum Gasteiger partial charge on any atom is 0.224 e. The van der Waals surface area contributed by atoms with Crippen molar-refractivity contribution in [2.75, 3.05) is 26.1 Å². The summed E-state index contributed by atoms with van der Waals surface area (Å²) in [5.74, 6) is 1.87. The SMILES string of the molecule is COc1ccc(OC)c(NC(=O)CCCOc2ccc(Cl)c(C)c2)c1. The zero-order valence-corrected chi connectivity index (χ0v) is 15.4. The van der Waals surface area contributed by atoms with Crippen molar-refractivity contribution >= 4 is 23.2 Å². The molecule has 1 N–H and O–H groups in total. The Bertz CT molecular complexity index is 733. The molecule has 0 fully saturated rings. The van der Waals surface area contributed by atoms with Crippen LogP contribution in [0.1, 0.15) is 18.4 Å². The summed E-state index contributed by atoms with van der Waals surface area (Å²) in [7, 11) is 3.13. The maximum absolute atomic E-state index is 12.1. The molecule has 2 aromatic carbocycles. The van der Waals surface area contributed by atoms with Gasteiger partial charge in [0.05, 0.1) is 26.5 Å². The van der Waals surface area contributed by atoms with Crippen LogP contribution in [0.3, 0.4) is 0 Å². The van der Waals surface area contributed by atoms with Gasteiger partial charge in [0.15, 0.2) is 0 Å². The predicted octanol–water partition coefficient (Wildman–Crippen LogP) is 4.46. The lowest BCUT2D eigenvalue weighted by molar-refractivity contribution is -0.116. The number of ether oxygens (including phenoxy) is 3. The van der Waals surface area contributed by atoms with E-state index in [9.17, 15) is 4.79 Å². The molecule has 0 atom stereocenters. The van der Waals surface area contributed by atoms with Crippen LogP contribution >= 0.6 is 11.6 Å². The second kappa shape index (κ2) is 9.18. The zero-order chi connectivity index (χ0) is 18.2. The molecule has 0 saturated carbocycles. The molecule has 0 aliphatic rings. The van der Waals surface area contributed by atoms with Crippen LogP contribution in [0.2, 0.25) is 5.02 Å². The van der Waals surface area contributed by atoms with E-state index < -0.39 is 0 Å². The Morgan fingerprint density at radius 2 is 1.84 bits per heavy atom. The molecular formula is C19H22ClNO4. The second-order valence-corrected chi connectivity index (χ2v) is 5.88. The van der Waals surface area contributed by atoms with Crippen molar-refractivity contribution in [1.82, 2.24) is 0 Å². The first kappa shape index (κ1) is 18.9. The summed E-state index contributed by atoms with van der Waals surface area (Å²) in [4.78, 5) is 12.1. The molecule has 2 aromatic rings. The van der Waals surface area contributed by atoms with E-state index in [0.717, 1.165) is 11.3 Å². The molecule has 6 heteroatoms. The van der Waals surface area contributed by atoms with Gasteiger partial charge < -0.3 is 19.5 Å². The summed E-state index contributed by atoms with van der Waals surface area (Å²) in [6, 6.07) is 10.7. The van der Waals surface area contributed by atoms with Gasteiger partial charge in [0.2, 0.25) is 5.91 Å². The first-order valence-electron chi connectivity index (χ1n) is 7.94. The summed E-state index contributed by atoms with van der Waals surface area (Å²) in [5, 5.41) is 3.54. The highest BCUT2D eigenvalue weighted by Gasteiger charge is 2.09. The van der Waals surface area contributed by atoms with Crippen molar-refractivity contribution in [2.45, 2.75) is 19.8 Å². The van der Waals surface area contributed by atoms with E-state index in [4.69, 9.17) is 25.8 Å². The number of amides is 1. The normalized spacial score (nSPS) is 10.2. The molecule has 0 heterocycles. The van der Waals surface area contributed by atoms with E-state index in [1.54, 1.807) is 38.5 Å². The molecule has 0 saturated heterocycles. The number of halogens is 1. The predicted molar refractivity (Wildman–Crippen MR) is 99.1 cm³/mol. The van der Waals surface area contributed by atoms with Crippen molar-refractivity contribution in [1.29, 1.82) is 0 Å². The molecular weight excluding hydrogens is 342 g/mol. The first-order valence-corrected chi connectivity index (χ1v) is 8.32. The molecule has 0 aromatic heterocycles. The average molecular weight is 364 g/mol. The highest BCUT2D eigenvalue weighted by atomic mass is 35.5. The Morgan fingerprint density at radius 3 is 2.52 bits per heavy atom. The third-order valence-corrected chi connectivity index (χ3v) is 4.05. The summed E-state index contributed by atoms with van der Waals surface area (Å²) >= 11 is 5.98. The molecule has 1 amide bonds. The van der Waals surface area contributed by atoms with Crippen LogP contribution in [-0.4, -0.2) is 26.7 Å². The molecule has 134 valence electrons. The van der Waals surface area contributed by atoms with Crippen LogP contribution in [0.4, 0.5) is 5.69 Å². The topological polar surface area (TPSA) is 56.8 Å². The van der Waals surface area contributed by atoms with E-state index in [1.165, 1.54) is 0 Å². The van der Waals surface area contributed by atoms with Crippen LogP contribution < -0.4 is 19.5 Å². The number of aryl methyl sites for hydroxylation is 1. The van der Waals surface area contributed by atoms with Crippen molar-refractivity contribution in [3.05, 3.63) is 47.0 Å². The van der Waals surface area contributed by atoms with Gasteiger partial charge in [0, 0.05) is 17.5 Å². The van der Waals surface area contributed by atoms with Crippen LogP contribution in [0.25, 0.3) is 0 Å². The molecule has 0 unspecified atom stereocenters. The fourth-order valence-corrected chi connectivity index (χ4v) is 2.37. The molecule has 0 radical (unpaired) electrons. The fraction of sp³-hybridized carbons (Fsp3) is 0.316. The van der Waals surface area contributed by atoms with Crippen LogP contribution in [0.5, 0.6) is 17.2 Å². The maximum atomic E-state index is 12.1. The number of methoxy groups -OCH3 is 2. The Balaban J connectivity index is 1.81. The number of benzene rings is 2. The largest absolute Gasteiger partial charge is 0.497 e. The summed E-state index contributed by atoms with van der Waals surface area (Å²) in [5.41, 5.74) is 1.54. The van der Waals surface area contributed by atoms with Gasteiger partial charge in [-0.1, -0.05) is 11.6 Å². The first-order chi connectivity index (χ1) is 12.0. The van der Waals surface area contributed by atoms with Crippen LogP contribution in [0.15, 0.2) is 36.4 Å². The van der Waals surface area contributed by atoms with Crippen LogP contribution in [-0.2, 0) is 4.79 Å². The number of rotatable bonds is 8. The monoisotopic (exact) mass is 363 g/mol. The smallest absolute Gasteiger partial charge is 0.224 e. The van der Waals surface area contributed by atoms with Gasteiger partial charge in [-0.3, -0.25) is 4.79 Å². The third-order valence-electron chi connectivity index (χ3n) is 3.63. The number of anilines is 1. The van der Waals surface area contributed by atoms with E-state index in [0.29, 0.717) is 41.7 Å². The minimum atomic E-state index is -0.109. The number of carbonyl (C=O) groups is 1. The van der Waals surface area contributed by atoms with Crippen molar-refractivity contribution in [3.8, 4) is 17.2 Å². The van der Waals surface area contributed by atoms with Gasteiger partial charge in [-0.15, -0.1) is 0 Å². The van der Waals surface area contributed by atoms with E-state index in [-0.39, 0.29) is 5.91 Å². The van der Waals surface area contributed by atoms with Gasteiger partial charge in [-0.2, -0.15) is 0 Å². The quantitative estimate of drug-likeness (QED) is 0.703. The van der Waals surface area contributed by atoms with Crippen molar-refractivity contribution in [2.24, 2.45) is 0 Å². The van der Waals surface area contributed by atoms with E-state index in [2.05, 4.69) is 5.32 Å². The Kier molecular flexibility index (Phi) is 6.95. The van der Waals surface area contributed by atoms with Gasteiger partial charge >= 0.3 is 0 Å². The van der Waals surface area contributed by atoms with Gasteiger partial charge in [0.1, 0.15) is 17.2 Å². The second-order valence-electron chi connectivity index (χ2n) is 5.48. The van der Waals surface area contributed by atoms with Crippen LogP contribution in [0, 0.1) is 6.92 Å². The number of carbonyl (C=O) groups excluding carboxylic acids is 1. The molecule has 0 bridgehead atoms. The minimum Gasteiger partial charge on any atom is -0.497 e. The number of hydrogen-bond donors (Lipinski definition) is 1. The van der Waals surface area contributed by atoms with Gasteiger partial charge in [-0.25, -0.2) is 0 Å². The lowest BCUT2D eigenvalue weighted by atomic mass is 10.2. The molecule has 25 heavy (non-hydrogen) atoms. The minimum absolute atomic E-state index is 0.109. The number of hydrogen-bond acceptors (Lipinski definition) is 4. The molecule has 0 spiro atoms. The Labute approximate surface area is 152 Å². The highest BCUT2D eigenvalue weighted by Crippen LogP contribution is 2.29. The van der Waals surface area contributed by atoms with Crippen molar-refractivity contribution < 1.29 is 19.0 Å². The van der Waals surface area contributed by atoms with Gasteiger partial charge in [0.25, 0.3) is 0 Å². The fourth-order valence-electron chi connectivity index (χ4n) is 2.25. The summed E-state index contributed by atoms with van der Waals surface area (Å²) in [6.07, 6.45) is 0.937. The molecule has 5 nitrogen and oxygen atoms in total. The average Bonchev–Trinajstić information content (AvgIpc) is 2.61. The third kappa shape index (κ3) is 5.57. The lowest BCUT2D eigenvalue weighted by Crippen LogP contribution is -2.13. The van der Waals surface area contributed by atoms with E-state index in [1.807, 2.05) is 19.1 Å². The zero-order valence-electron chi connectivity index (χ0n) is 14.6. The van der Waals surface area contributed by atoms with Crippen molar-refractivity contribution in [3.63, 3.8) is 0 Å². The lowest BCUT2D eigenvalue weighted by Gasteiger charge is -2.12. The molecule has 2 rings (SSSR count).